The van der Waals surface area contributed by atoms with Gasteiger partial charge in [-0.05, 0) is 0 Å². The van der Waals surface area contributed by atoms with Crippen LogP contribution in [-0.2, 0) is 19.1 Å². The van der Waals surface area contributed by atoms with Gasteiger partial charge in [0.05, 0.1) is 0 Å². The van der Waals surface area contributed by atoms with Crippen molar-refractivity contribution in [2.24, 2.45) is 0 Å². The van der Waals surface area contributed by atoms with Crippen molar-refractivity contribution >= 4 is 37.2 Å². The lowest BCUT2D eigenvalue weighted by Gasteiger charge is -2.02. The average Bonchev–Trinajstić information content (AvgIpc) is 2.11. The first-order chi connectivity index (χ1) is 6.20. The fourth-order valence-electron chi connectivity index (χ4n) is 0.539. The molecular formula is C7H12O4S2. The minimum Gasteiger partial charge on any atom is -0.464 e. The Morgan fingerprint density at radius 2 is 1.31 bits per heavy atom. The molecule has 0 heterocycles. The van der Waals surface area contributed by atoms with Gasteiger partial charge in [-0.15, -0.1) is 0 Å². The van der Waals surface area contributed by atoms with Gasteiger partial charge in [-0.1, -0.05) is 0 Å². The van der Waals surface area contributed by atoms with Gasteiger partial charge >= 0.3 is 11.9 Å². The Balaban J connectivity index is 3.47. The molecule has 4 nitrogen and oxygen atoms in total. The maximum atomic E-state index is 10.8. The zero-order chi connectivity index (χ0) is 10.1. The highest BCUT2D eigenvalue weighted by molar-refractivity contribution is 7.80. The molecule has 0 N–H and O–H groups in total. The quantitative estimate of drug-likeness (QED) is 0.388. The summed E-state index contributed by atoms with van der Waals surface area (Å²) in [6.07, 6.45) is -0.346. The van der Waals surface area contributed by atoms with Crippen LogP contribution in [0.2, 0.25) is 0 Å². The number of hydrogen-bond donors (Lipinski definition) is 2. The second kappa shape index (κ2) is 8.25. The summed E-state index contributed by atoms with van der Waals surface area (Å²) in [6.45, 7) is 0.420. The van der Waals surface area contributed by atoms with Gasteiger partial charge in [0.15, 0.2) is 0 Å². The average molecular weight is 224 g/mol. The Kier molecular flexibility index (Phi) is 8.02. The van der Waals surface area contributed by atoms with Gasteiger partial charge in [0.2, 0.25) is 0 Å². The predicted octanol–water partition coefficient (Wildman–Crippen LogP) is 0.323. The van der Waals surface area contributed by atoms with E-state index in [1.165, 1.54) is 0 Å². The molecule has 0 saturated carbocycles. The van der Waals surface area contributed by atoms with Crippen molar-refractivity contribution in [1.82, 2.24) is 0 Å². The molecule has 13 heavy (non-hydrogen) atoms. The summed E-state index contributed by atoms with van der Waals surface area (Å²) in [4.78, 5) is 21.6. The van der Waals surface area contributed by atoms with E-state index in [-0.39, 0.29) is 19.6 Å². The third-order valence-electron chi connectivity index (χ3n) is 0.997. The van der Waals surface area contributed by atoms with E-state index in [2.05, 4.69) is 34.7 Å². The zero-order valence-corrected chi connectivity index (χ0v) is 8.85. The molecule has 0 saturated heterocycles. The van der Waals surface area contributed by atoms with Crippen molar-refractivity contribution in [3.05, 3.63) is 0 Å². The minimum atomic E-state index is -0.585. The molecule has 0 aliphatic heterocycles. The normalized spacial score (nSPS) is 9.38. The fraction of sp³-hybridized carbons (Fsp3) is 0.714. The standard InChI is InChI=1S/C7H12O4S2/c8-6(10-1-3-12)5-7(9)11-2-4-13/h12-13H,1-5H2. The highest BCUT2D eigenvalue weighted by Crippen LogP contribution is 1.92. The molecular weight excluding hydrogens is 212 g/mol. The van der Waals surface area contributed by atoms with E-state index in [0.717, 1.165) is 0 Å². The molecule has 0 aromatic rings. The summed E-state index contributed by atoms with van der Waals surface area (Å²) in [6, 6.07) is 0. The van der Waals surface area contributed by atoms with Crippen molar-refractivity contribution in [2.45, 2.75) is 6.42 Å². The molecule has 0 atom stereocenters. The minimum absolute atomic E-state index is 0.210. The second-order valence-electron chi connectivity index (χ2n) is 2.06. The van der Waals surface area contributed by atoms with Crippen molar-refractivity contribution < 1.29 is 19.1 Å². The highest BCUT2D eigenvalue weighted by Gasteiger charge is 2.10. The predicted molar refractivity (Wildman–Crippen MR) is 54.2 cm³/mol. The van der Waals surface area contributed by atoms with Crippen LogP contribution in [0, 0.1) is 0 Å². The molecule has 0 fully saturated rings. The van der Waals surface area contributed by atoms with Gasteiger partial charge < -0.3 is 9.47 Å². The lowest BCUT2D eigenvalue weighted by atomic mass is 10.4. The number of carbonyl (C=O) groups is 2. The summed E-state index contributed by atoms with van der Waals surface area (Å²) >= 11 is 7.68. The first-order valence-corrected chi connectivity index (χ1v) is 5.00. The van der Waals surface area contributed by atoms with Crippen molar-refractivity contribution in [3.63, 3.8) is 0 Å². The number of hydrogen-bond acceptors (Lipinski definition) is 6. The lowest BCUT2D eigenvalue weighted by molar-refractivity contribution is -0.153. The Hall–Kier alpha value is -0.360. The van der Waals surface area contributed by atoms with E-state index >= 15 is 0 Å². The Bertz CT molecular complexity index is 154. The maximum Gasteiger partial charge on any atom is 0.317 e. The molecule has 76 valence electrons. The van der Waals surface area contributed by atoms with Gasteiger partial charge in [-0.3, -0.25) is 9.59 Å². The molecule has 0 aliphatic rings. The molecule has 0 radical (unpaired) electrons. The maximum absolute atomic E-state index is 10.8. The number of thiol groups is 2. The van der Waals surface area contributed by atoms with Crippen LogP contribution < -0.4 is 0 Å². The zero-order valence-electron chi connectivity index (χ0n) is 7.06. The molecule has 0 rings (SSSR count). The van der Waals surface area contributed by atoms with Gasteiger partial charge in [-0.2, -0.15) is 25.3 Å². The van der Waals surface area contributed by atoms with E-state index in [4.69, 9.17) is 0 Å². The van der Waals surface area contributed by atoms with Crippen molar-refractivity contribution in [2.75, 3.05) is 24.7 Å². The number of ether oxygens (including phenoxy) is 2. The third-order valence-corrected chi connectivity index (χ3v) is 1.36. The summed E-state index contributed by atoms with van der Waals surface area (Å²) in [5, 5.41) is 0. The SMILES string of the molecule is O=C(CC(=O)OCCS)OCCS. The monoisotopic (exact) mass is 224 g/mol. The Labute approximate surface area is 87.8 Å². The smallest absolute Gasteiger partial charge is 0.317 e. The van der Waals surface area contributed by atoms with Crippen LogP contribution >= 0.6 is 25.3 Å². The van der Waals surface area contributed by atoms with Crippen LogP contribution in [0.5, 0.6) is 0 Å². The molecule has 0 aromatic heterocycles. The van der Waals surface area contributed by atoms with Gasteiger partial charge in [-0.25, -0.2) is 0 Å². The van der Waals surface area contributed by atoms with E-state index < -0.39 is 11.9 Å². The molecule has 0 amide bonds. The van der Waals surface area contributed by atoms with Crippen LogP contribution in [0.25, 0.3) is 0 Å². The summed E-state index contributed by atoms with van der Waals surface area (Å²) in [5.74, 6) is -0.286. The van der Waals surface area contributed by atoms with Crippen LogP contribution in [-0.4, -0.2) is 36.7 Å². The van der Waals surface area contributed by atoms with E-state index in [9.17, 15) is 9.59 Å². The summed E-state index contributed by atoms with van der Waals surface area (Å²) in [7, 11) is 0. The molecule has 0 spiro atoms. The van der Waals surface area contributed by atoms with E-state index in [1.807, 2.05) is 0 Å². The molecule has 0 bridgehead atoms. The van der Waals surface area contributed by atoms with E-state index in [0.29, 0.717) is 11.5 Å². The number of carbonyl (C=O) groups excluding carboxylic acids is 2. The van der Waals surface area contributed by atoms with Crippen LogP contribution in [0.3, 0.4) is 0 Å². The molecule has 6 heteroatoms. The van der Waals surface area contributed by atoms with Gasteiger partial charge in [0, 0.05) is 11.5 Å². The lowest BCUT2D eigenvalue weighted by Crippen LogP contribution is -2.15. The second-order valence-corrected chi connectivity index (χ2v) is 2.96. The van der Waals surface area contributed by atoms with Gasteiger partial charge in [0.25, 0.3) is 0 Å². The van der Waals surface area contributed by atoms with Gasteiger partial charge in [0.1, 0.15) is 19.6 Å². The van der Waals surface area contributed by atoms with Crippen LogP contribution in [0.4, 0.5) is 0 Å². The Morgan fingerprint density at radius 1 is 0.923 bits per heavy atom. The largest absolute Gasteiger partial charge is 0.464 e. The van der Waals surface area contributed by atoms with E-state index in [1.54, 1.807) is 0 Å². The first kappa shape index (κ1) is 12.6. The van der Waals surface area contributed by atoms with Crippen LogP contribution in [0.15, 0.2) is 0 Å². The number of esters is 2. The highest BCUT2D eigenvalue weighted by atomic mass is 32.1. The van der Waals surface area contributed by atoms with Crippen molar-refractivity contribution in [3.8, 4) is 0 Å². The molecule has 0 aliphatic carbocycles. The first-order valence-electron chi connectivity index (χ1n) is 3.73. The number of rotatable bonds is 6. The molecule has 0 unspecified atom stereocenters. The van der Waals surface area contributed by atoms with Crippen LogP contribution in [0.1, 0.15) is 6.42 Å². The topological polar surface area (TPSA) is 52.6 Å². The molecule has 0 aromatic carbocycles. The third kappa shape index (κ3) is 7.98. The fourth-order valence-corrected chi connectivity index (χ4v) is 0.721. The summed E-state index contributed by atoms with van der Waals surface area (Å²) in [5.41, 5.74) is 0. The Morgan fingerprint density at radius 3 is 1.62 bits per heavy atom. The van der Waals surface area contributed by atoms with Crippen molar-refractivity contribution in [1.29, 1.82) is 0 Å². The summed E-state index contributed by atoms with van der Waals surface area (Å²) < 4.78 is 9.21.